The first-order valence-electron chi connectivity index (χ1n) is 11.9. The van der Waals surface area contributed by atoms with Gasteiger partial charge < -0.3 is 14.9 Å². The Hall–Kier alpha value is -3.94. The monoisotopic (exact) mass is 520 g/mol. The van der Waals surface area contributed by atoms with Crippen LogP contribution in [0.15, 0.2) is 49.2 Å². The van der Waals surface area contributed by atoms with Gasteiger partial charge in [-0.1, -0.05) is 13.8 Å². The van der Waals surface area contributed by atoms with Crippen molar-refractivity contribution in [1.29, 1.82) is 5.26 Å². The number of anilines is 1. The van der Waals surface area contributed by atoms with Crippen LogP contribution in [-0.2, 0) is 11.8 Å². The lowest BCUT2D eigenvalue weighted by Gasteiger charge is -2.36. The zero-order valence-electron chi connectivity index (χ0n) is 20.9. The fourth-order valence-corrected chi connectivity index (χ4v) is 4.51. The maximum Gasteiger partial charge on any atom is 0.251 e. The number of piperazine rings is 1. The minimum absolute atomic E-state index is 0. The van der Waals surface area contributed by atoms with E-state index in [0.717, 1.165) is 33.6 Å². The Labute approximate surface area is 221 Å². The number of rotatable bonds is 5. The number of hydrogen-bond donors (Lipinski definition) is 1. The summed E-state index contributed by atoms with van der Waals surface area (Å²) in [6.45, 7) is 6.06. The summed E-state index contributed by atoms with van der Waals surface area (Å²) < 4.78 is 3.47. The molecule has 0 saturated carbocycles. The number of aliphatic hydroxyl groups excluding tert-OH is 1. The molecule has 0 spiro atoms. The highest BCUT2D eigenvalue weighted by Crippen LogP contribution is 2.32. The van der Waals surface area contributed by atoms with Gasteiger partial charge in [0.2, 0.25) is 0 Å². The normalized spacial score (nSPS) is 14.5. The van der Waals surface area contributed by atoms with Crippen molar-refractivity contribution in [2.45, 2.75) is 20.0 Å². The van der Waals surface area contributed by atoms with Gasteiger partial charge in [0, 0.05) is 74.1 Å². The Balaban J connectivity index is 0.00000320. The molecular formula is C26H29ClN8O2. The second-order valence-corrected chi connectivity index (χ2v) is 9.41. The molecule has 5 heterocycles. The minimum atomic E-state index is -0.963. The van der Waals surface area contributed by atoms with Crippen molar-refractivity contribution < 1.29 is 9.90 Å². The highest BCUT2D eigenvalue weighted by atomic mass is 35.5. The predicted molar refractivity (Wildman–Crippen MR) is 142 cm³/mol. The number of fused-ring (bicyclic) bond motifs is 1. The Morgan fingerprint density at radius 2 is 1.78 bits per heavy atom. The van der Waals surface area contributed by atoms with E-state index in [4.69, 9.17) is 4.98 Å². The van der Waals surface area contributed by atoms with Crippen molar-refractivity contribution in [3.8, 4) is 28.3 Å². The number of aryl methyl sites for hydroxylation is 1. The smallest absolute Gasteiger partial charge is 0.251 e. The third kappa shape index (κ3) is 5.01. The fraction of sp³-hybridized carbons (Fsp3) is 0.346. The molecule has 4 aromatic heterocycles. The number of nitriles is 1. The van der Waals surface area contributed by atoms with E-state index in [1.807, 2.05) is 57.7 Å². The molecule has 0 radical (unpaired) electrons. The molecule has 1 fully saturated rings. The van der Waals surface area contributed by atoms with Crippen molar-refractivity contribution >= 4 is 29.6 Å². The molecule has 1 amide bonds. The molecular weight excluding hydrogens is 492 g/mol. The number of halogens is 1. The van der Waals surface area contributed by atoms with Crippen LogP contribution in [-0.4, -0.2) is 72.6 Å². The number of carbonyl (C=O) groups is 1. The van der Waals surface area contributed by atoms with E-state index in [9.17, 15) is 15.2 Å². The lowest BCUT2D eigenvalue weighted by Crippen LogP contribution is -2.52. The van der Waals surface area contributed by atoms with Crippen LogP contribution in [0.4, 0.5) is 5.82 Å². The van der Waals surface area contributed by atoms with Crippen molar-refractivity contribution in [3.63, 3.8) is 0 Å². The van der Waals surface area contributed by atoms with E-state index in [0.29, 0.717) is 31.7 Å². The lowest BCUT2D eigenvalue weighted by molar-refractivity contribution is -0.142. The van der Waals surface area contributed by atoms with Crippen LogP contribution < -0.4 is 4.90 Å². The highest BCUT2D eigenvalue weighted by molar-refractivity contribution is 5.87. The standard InChI is InChI=1S/C26H28N8O2.ClH/c1-17(2)25(35)26(36)33-8-6-32(7-9-33)23-5-4-18(12-28-23)22-10-19(21-14-29-31(3)15-21)16-34-24(22)20(11-27)13-30-34;/h4-5,10,12-17,25,35H,6-9H2,1-3H3;1H. The molecule has 0 aromatic carbocycles. The molecule has 192 valence electrons. The van der Waals surface area contributed by atoms with E-state index in [-0.39, 0.29) is 24.2 Å². The Morgan fingerprint density at radius 1 is 1.03 bits per heavy atom. The quantitative estimate of drug-likeness (QED) is 0.430. The number of pyridine rings is 2. The van der Waals surface area contributed by atoms with Gasteiger partial charge in [-0.05, 0) is 24.1 Å². The summed E-state index contributed by atoms with van der Waals surface area (Å²) in [5.74, 6) is 0.508. The number of carbonyl (C=O) groups excluding carboxylic acids is 1. The molecule has 1 N–H and O–H groups in total. The second-order valence-electron chi connectivity index (χ2n) is 9.41. The van der Waals surface area contributed by atoms with E-state index >= 15 is 0 Å². The highest BCUT2D eigenvalue weighted by Gasteiger charge is 2.28. The molecule has 0 bridgehead atoms. The summed E-state index contributed by atoms with van der Waals surface area (Å²) in [7, 11) is 1.87. The molecule has 4 aromatic rings. The van der Waals surface area contributed by atoms with Crippen molar-refractivity contribution in [2.75, 3.05) is 31.1 Å². The lowest BCUT2D eigenvalue weighted by atomic mass is 10.0. The zero-order chi connectivity index (χ0) is 25.4. The molecule has 1 unspecified atom stereocenters. The predicted octanol–water partition coefficient (Wildman–Crippen LogP) is 2.76. The summed E-state index contributed by atoms with van der Waals surface area (Å²) in [4.78, 5) is 21.0. The van der Waals surface area contributed by atoms with E-state index in [1.165, 1.54) is 0 Å². The van der Waals surface area contributed by atoms with E-state index in [1.54, 1.807) is 26.5 Å². The fourth-order valence-electron chi connectivity index (χ4n) is 4.51. The van der Waals surface area contributed by atoms with Crippen molar-refractivity contribution in [3.05, 3.63) is 54.7 Å². The van der Waals surface area contributed by atoms with Crippen LogP contribution in [0, 0.1) is 17.2 Å². The first-order valence-corrected chi connectivity index (χ1v) is 11.9. The molecule has 10 nitrogen and oxygen atoms in total. The number of amides is 1. The molecule has 1 aliphatic rings. The average Bonchev–Trinajstić information content (AvgIpc) is 3.53. The summed E-state index contributed by atoms with van der Waals surface area (Å²) in [6.07, 6.45) is 8.05. The van der Waals surface area contributed by atoms with Gasteiger partial charge in [0.1, 0.15) is 18.0 Å². The minimum Gasteiger partial charge on any atom is -0.383 e. The largest absolute Gasteiger partial charge is 0.383 e. The summed E-state index contributed by atoms with van der Waals surface area (Å²) in [6, 6.07) is 8.24. The summed E-state index contributed by atoms with van der Waals surface area (Å²) >= 11 is 0. The first-order chi connectivity index (χ1) is 17.4. The maximum atomic E-state index is 12.5. The van der Waals surface area contributed by atoms with Crippen LogP contribution in [0.5, 0.6) is 0 Å². The molecule has 11 heteroatoms. The van der Waals surface area contributed by atoms with Crippen LogP contribution in [0.2, 0.25) is 0 Å². The van der Waals surface area contributed by atoms with Crippen LogP contribution in [0.25, 0.3) is 27.8 Å². The Kier molecular flexibility index (Phi) is 7.47. The molecule has 37 heavy (non-hydrogen) atoms. The van der Waals surface area contributed by atoms with Gasteiger partial charge in [0.05, 0.1) is 23.5 Å². The average molecular weight is 521 g/mol. The van der Waals surface area contributed by atoms with Gasteiger partial charge in [-0.15, -0.1) is 12.4 Å². The molecule has 1 atom stereocenters. The Morgan fingerprint density at radius 3 is 2.38 bits per heavy atom. The van der Waals surface area contributed by atoms with Crippen LogP contribution in [0.1, 0.15) is 19.4 Å². The molecule has 1 aliphatic heterocycles. The molecule has 0 aliphatic carbocycles. The Bertz CT molecular complexity index is 1450. The third-order valence-corrected chi connectivity index (χ3v) is 6.63. The molecule has 5 rings (SSSR count). The van der Waals surface area contributed by atoms with Gasteiger partial charge in [0.25, 0.3) is 5.91 Å². The zero-order valence-corrected chi connectivity index (χ0v) is 21.8. The van der Waals surface area contributed by atoms with Crippen molar-refractivity contribution in [1.82, 2.24) is 29.3 Å². The van der Waals surface area contributed by atoms with Gasteiger partial charge >= 0.3 is 0 Å². The molecule has 1 saturated heterocycles. The van der Waals surface area contributed by atoms with Gasteiger partial charge in [-0.3, -0.25) is 9.48 Å². The SMILES string of the molecule is CC(C)C(O)C(=O)N1CCN(c2ccc(-c3cc(-c4cnn(C)c4)cn4ncc(C#N)c34)cn2)CC1.Cl. The topological polar surface area (TPSA) is 116 Å². The van der Waals surface area contributed by atoms with Crippen LogP contribution in [0.3, 0.4) is 0 Å². The van der Waals surface area contributed by atoms with Gasteiger partial charge in [-0.2, -0.15) is 15.5 Å². The van der Waals surface area contributed by atoms with E-state index in [2.05, 4.69) is 21.2 Å². The number of aliphatic hydroxyl groups is 1. The number of nitrogens with zero attached hydrogens (tertiary/aromatic N) is 8. The second kappa shape index (κ2) is 10.6. The summed E-state index contributed by atoms with van der Waals surface area (Å²) in [5.41, 5.74) is 4.86. The maximum absolute atomic E-state index is 12.5. The van der Waals surface area contributed by atoms with Gasteiger partial charge in [0.15, 0.2) is 0 Å². The number of aromatic nitrogens is 5. The van der Waals surface area contributed by atoms with Gasteiger partial charge in [-0.25, -0.2) is 9.50 Å². The first kappa shape index (κ1) is 26.1. The van der Waals surface area contributed by atoms with E-state index < -0.39 is 6.10 Å². The van der Waals surface area contributed by atoms with Crippen molar-refractivity contribution in [2.24, 2.45) is 13.0 Å². The number of hydrogen-bond acceptors (Lipinski definition) is 7. The third-order valence-electron chi connectivity index (χ3n) is 6.63. The van der Waals surface area contributed by atoms with Crippen LogP contribution >= 0.6 is 12.4 Å². The summed E-state index contributed by atoms with van der Waals surface area (Å²) in [5, 5.41) is 28.4.